The van der Waals surface area contributed by atoms with Crippen LogP contribution >= 0.6 is 0 Å². The lowest BCUT2D eigenvalue weighted by molar-refractivity contribution is -0.148. The number of hydrogen-bond donors (Lipinski definition) is 1. The van der Waals surface area contributed by atoms with E-state index >= 15 is 0 Å². The molecular formula is C25H40O6. The minimum absolute atomic E-state index is 0.0453. The van der Waals surface area contributed by atoms with Gasteiger partial charge in [0, 0.05) is 25.7 Å². The minimum Gasteiger partial charge on any atom is -0.469 e. The van der Waals surface area contributed by atoms with Crippen molar-refractivity contribution in [2.24, 2.45) is 11.8 Å². The second kappa shape index (κ2) is 11.8. The number of ether oxygens (including phenoxy) is 3. The molecule has 0 aromatic rings. The minimum atomic E-state index is -0.905. The molecule has 2 fully saturated rings. The number of carbonyl (C=O) groups is 2. The molecule has 176 valence electrons. The Kier molecular flexibility index (Phi) is 9.76. The number of carbonyl (C=O) groups excluding carboxylic acids is 2. The monoisotopic (exact) mass is 436 g/mol. The number of fused-ring (bicyclic) bond motifs is 1. The molecule has 6 nitrogen and oxygen atoms in total. The van der Waals surface area contributed by atoms with Crippen LogP contribution in [0.25, 0.3) is 0 Å². The lowest BCUT2D eigenvalue weighted by Gasteiger charge is -2.24. The summed E-state index contributed by atoms with van der Waals surface area (Å²) in [6.07, 6.45) is 12.2. The van der Waals surface area contributed by atoms with Crippen LogP contribution in [0, 0.1) is 11.8 Å². The molecule has 0 bridgehead atoms. The fourth-order valence-corrected chi connectivity index (χ4v) is 4.75. The number of rotatable bonds is 11. The van der Waals surface area contributed by atoms with Crippen molar-refractivity contribution in [3.8, 4) is 0 Å². The molecule has 2 rings (SSSR count). The lowest BCUT2D eigenvalue weighted by atomic mass is 9.87. The van der Waals surface area contributed by atoms with E-state index in [2.05, 4.69) is 24.7 Å². The van der Waals surface area contributed by atoms with E-state index in [4.69, 9.17) is 9.47 Å². The summed E-state index contributed by atoms with van der Waals surface area (Å²) in [6, 6.07) is 0. The zero-order valence-electron chi connectivity index (χ0n) is 19.8. The van der Waals surface area contributed by atoms with Gasteiger partial charge in [-0.15, -0.1) is 0 Å². The van der Waals surface area contributed by atoms with Gasteiger partial charge in [-0.3, -0.25) is 9.59 Å². The largest absolute Gasteiger partial charge is 0.469 e. The molecule has 1 aliphatic heterocycles. The Morgan fingerprint density at radius 3 is 2.58 bits per heavy atom. The third kappa shape index (κ3) is 8.41. The van der Waals surface area contributed by atoms with Gasteiger partial charge in [0.05, 0.1) is 24.9 Å². The van der Waals surface area contributed by atoms with Crippen LogP contribution in [0.2, 0.25) is 0 Å². The van der Waals surface area contributed by atoms with Crippen molar-refractivity contribution in [1.82, 2.24) is 0 Å². The maximum atomic E-state index is 11.6. The molecule has 1 saturated carbocycles. The molecular weight excluding hydrogens is 396 g/mol. The van der Waals surface area contributed by atoms with Crippen molar-refractivity contribution >= 4 is 11.9 Å². The molecule has 31 heavy (non-hydrogen) atoms. The van der Waals surface area contributed by atoms with E-state index in [-0.39, 0.29) is 42.1 Å². The number of aliphatic hydroxyl groups is 1. The Morgan fingerprint density at radius 1 is 1.19 bits per heavy atom. The molecule has 1 saturated heterocycles. The summed E-state index contributed by atoms with van der Waals surface area (Å²) in [5.41, 5.74) is 0.339. The first-order valence-electron chi connectivity index (χ1n) is 11.6. The van der Waals surface area contributed by atoms with Crippen LogP contribution in [-0.2, 0) is 23.8 Å². The maximum Gasteiger partial charge on any atom is 0.305 e. The first kappa shape index (κ1) is 25.6. The van der Waals surface area contributed by atoms with Crippen LogP contribution in [0.1, 0.15) is 79.1 Å². The van der Waals surface area contributed by atoms with Crippen LogP contribution in [0.15, 0.2) is 23.8 Å². The van der Waals surface area contributed by atoms with Crippen LogP contribution < -0.4 is 0 Å². The standard InChI is InChI=1S/C25H40O6/c1-17(2)9-8-13-25(4,28)14-12-20-21-15-19(10-6-7-11-24(27)29-5)31-23(21)16-22(20)30-18(3)26/h9,12,14,19-23,28H,6-8,10-11,13,15-16H2,1-5H3/t19-,20+,21+,22?,23-,25?/m0/s1. The van der Waals surface area contributed by atoms with Gasteiger partial charge in [0.2, 0.25) is 0 Å². The Morgan fingerprint density at radius 2 is 1.94 bits per heavy atom. The fraction of sp³-hybridized carbons (Fsp3) is 0.760. The van der Waals surface area contributed by atoms with Crippen LogP contribution in [0.5, 0.6) is 0 Å². The number of esters is 2. The molecule has 0 aromatic heterocycles. The fourth-order valence-electron chi connectivity index (χ4n) is 4.75. The highest BCUT2D eigenvalue weighted by molar-refractivity contribution is 5.69. The second-order valence-electron chi connectivity index (χ2n) is 9.52. The second-order valence-corrected chi connectivity index (χ2v) is 9.52. The summed E-state index contributed by atoms with van der Waals surface area (Å²) in [4.78, 5) is 22.9. The van der Waals surface area contributed by atoms with Crippen molar-refractivity contribution in [3.05, 3.63) is 23.8 Å². The predicted octanol–water partition coefficient (Wildman–Crippen LogP) is 4.50. The van der Waals surface area contributed by atoms with E-state index in [0.717, 1.165) is 32.1 Å². The first-order chi connectivity index (χ1) is 14.6. The third-order valence-electron chi connectivity index (χ3n) is 6.35. The van der Waals surface area contributed by atoms with Gasteiger partial charge in [-0.2, -0.15) is 0 Å². The van der Waals surface area contributed by atoms with E-state index in [1.165, 1.54) is 19.6 Å². The topological polar surface area (TPSA) is 82.1 Å². The molecule has 1 N–H and O–H groups in total. The highest BCUT2D eigenvalue weighted by Crippen LogP contribution is 2.46. The average molecular weight is 437 g/mol. The van der Waals surface area contributed by atoms with Gasteiger partial charge in [0.1, 0.15) is 6.10 Å². The van der Waals surface area contributed by atoms with E-state index in [9.17, 15) is 14.7 Å². The molecule has 0 radical (unpaired) electrons. The summed E-state index contributed by atoms with van der Waals surface area (Å²) >= 11 is 0. The molecule has 1 aliphatic carbocycles. The van der Waals surface area contributed by atoms with Gasteiger partial charge < -0.3 is 19.3 Å². The molecule has 6 atom stereocenters. The maximum absolute atomic E-state index is 11.6. The number of allylic oxidation sites excluding steroid dienone is 2. The zero-order chi connectivity index (χ0) is 23.0. The zero-order valence-corrected chi connectivity index (χ0v) is 19.8. The molecule has 6 heteroatoms. The Bertz CT molecular complexity index is 661. The van der Waals surface area contributed by atoms with Crippen molar-refractivity contribution in [1.29, 1.82) is 0 Å². The third-order valence-corrected chi connectivity index (χ3v) is 6.35. The van der Waals surface area contributed by atoms with E-state index in [1.54, 1.807) is 0 Å². The van der Waals surface area contributed by atoms with Crippen LogP contribution in [0.3, 0.4) is 0 Å². The molecule has 1 heterocycles. The number of unbranched alkanes of at least 4 members (excludes halogenated alkanes) is 1. The summed E-state index contributed by atoms with van der Waals surface area (Å²) in [5, 5.41) is 10.8. The van der Waals surface area contributed by atoms with Crippen molar-refractivity contribution in [3.63, 3.8) is 0 Å². The summed E-state index contributed by atoms with van der Waals surface area (Å²) in [5.74, 6) is -0.128. The Labute approximate surface area is 187 Å². The highest BCUT2D eigenvalue weighted by Gasteiger charge is 2.49. The highest BCUT2D eigenvalue weighted by atomic mass is 16.6. The van der Waals surface area contributed by atoms with Crippen molar-refractivity contribution < 1.29 is 28.9 Å². The van der Waals surface area contributed by atoms with Gasteiger partial charge in [0.25, 0.3) is 0 Å². The van der Waals surface area contributed by atoms with Gasteiger partial charge in [-0.05, 0) is 58.8 Å². The van der Waals surface area contributed by atoms with Crippen LogP contribution in [-0.4, -0.2) is 48.1 Å². The lowest BCUT2D eigenvalue weighted by Crippen LogP contribution is -2.26. The smallest absolute Gasteiger partial charge is 0.305 e. The Balaban J connectivity index is 1.95. The predicted molar refractivity (Wildman–Crippen MR) is 119 cm³/mol. The summed E-state index contributed by atoms with van der Waals surface area (Å²) in [7, 11) is 1.41. The first-order valence-corrected chi connectivity index (χ1v) is 11.6. The van der Waals surface area contributed by atoms with Gasteiger partial charge in [-0.25, -0.2) is 0 Å². The van der Waals surface area contributed by atoms with Gasteiger partial charge >= 0.3 is 11.9 Å². The Hall–Kier alpha value is -1.66. The summed E-state index contributed by atoms with van der Waals surface area (Å²) < 4.78 is 16.6. The van der Waals surface area contributed by atoms with Crippen LogP contribution in [0.4, 0.5) is 0 Å². The van der Waals surface area contributed by atoms with Gasteiger partial charge in [-0.1, -0.05) is 30.2 Å². The molecule has 2 unspecified atom stereocenters. The SMILES string of the molecule is COC(=O)CCCC[C@H]1C[C@H]2[C@H](CC(OC(C)=O)[C@@H]2C=CC(C)(O)CCC=C(C)C)O1. The number of methoxy groups -OCH3 is 1. The number of hydrogen-bond acceptors (Lipinski definition) is 6. The average Bonchev–Trinajstić information content (AvgIpc) is 3.19. The normalized spacial score (nSPS) is 29.4. The van der Waals surface area contributed by atoms with E-state index in [1.807, 2.05) is 19.1 Å². The molecule has 0 aromatic carbocycles. The van der Waals surface area contributed by atoms with Crippen molar-refractivity contribution in [2.45, 2.75) is 103 Å². The molecule has 0 amide bonds. The van der Waals surface area contributed by atoms with E-state index < -0.39 is 5.60 Å². The molecule has 0 spiro atoms. The quantitative estimate of drug-likeness (QED) is 0.292. The van der Waals surface area contributed by atoms with Crippen molar-refractivity contribution in [2.75, 3.05) is 7.11 Å². The van der Waals surface area contributed by atoms with Gasteiger partial charge in [0.15, 0.2) is 0 Å². The van der Waals surface area contributed by atoms with E-state index in [0.29, 0.717) is 19.3 Å². The summed E-state index contributed by atoms with van der Waals surface area (Å²) in [6.45, 7) is 7.37. The molecule has 2 aliphatic rings.